The zero-order valence-electron chi connectivity index (χ0n) is 8.64. The lowest BCUT2D eigenvalue weighted by Gasteiger charge is -2.06. The van der Waals surface area contributed by atoms with Crippen molar-refractivity contribution in [1.82, 2.24) is 0 Å². The number of carbonyl (C=O) groups is 1. The van der Waals surface area contributed by atoms with Crippen molar-refractivity contribution in [2.45, 2.75) is 6.61 Å². The van der Waals surface area contributed by atoms with E-state index in [-0.39, 0.29) is 23.8 Å². The van der Waals surface area contributed by atoms with Crippen molar-refractivity contribution in [1.29, 1.82) is 5.26 Å². The van der Waals surface area contributed by atoms with Crippen LogP contribution in [0.15, 0.2) is 12.1 Å². The Labute approximate surface area is 103 Å². The van der Waals surface area contributed by atoms with Crippen LogP contribution in [0, 0.1) is 11.3 Å². The number of hydrogen-bond acceptors (Lipinski definition) is 5. The number of ether oxygens (including phenoxy) is 1. The first-order chi connectivity index (χ1) is 8.13. The molecule has 86 valence electrons. The van der Waals surface area contributed by atoms with E-state index in [1.165, 1.54) is 6.07 Å². The number of fused-ring (bicyclic) bond motifs is 1. The van der Waals surface area contributed by atoms with Crippen LogP contribution < -0.4 is 5.46 Å². The summed E-state index contributed by atoms with van der Waals surface area (Å²) < 4.78 is 9.63. The Balaban J connectivity index is 2.33. The van der Waals surface area contributed by atoms with E-state index in [0.29, 0.717) is 5.46 Å². The van der Waals surface area contributed by atoms with E-state index < -0.39 is 13.1 Å². The van der Waals surface area contributed by atoms with Gasteiger partial charge in [-0.1, -0.05) is 11.6 Å². The highest BCUT2D eigenvalue weighted by Crippen LogP contribution is 2.21. The zero-order chi connectivity index (χ0) is 12.4. The van der Waals surface area contributed by atoms with Crippen molar-refractivity contribution in [3.63, 3.8) is 0 Å². The summed E-state index contributed by atoms with van der Waals surface area (Å²) in [7, 11) is -1.05. The second-order valence-electron chi connectivity index (χ2n) is 3.43. The van der Waals surface area contributed by atoms with Crippen LogP contribution in [-0.2, 0) is 16.0 Å². The molecule has 1 aromatic carbocycles. The third-order valence-electron chi connectivity index (χ3n) is 2.38. The third kappa shape index (κ3) is 2.27. The maximum absolute atomic E-state index is 11.6. The molecule has 1 aromatic rings. The van der Waals surface area contributed by atoms with Crippen LogP contribution in [0.5, 0.6) is 0 Å². The molecule has 1 aliphatic heterocycles. The summed E-state index contributed by atoms with van der Waals surface area (Å²) in [5.41, 5.74) is 1.35. The van der Waals surface area contributed by atoms with Gasteiger partial charge in [0.05, 0.1) is 17.2 Å². The molecule has 0 bridgehead atoms. The van der Waals surface area contributed by atoms with Gasteiger partial charge in [0.15, 0.2) is 6.61 Å². The van der Waals surface area contributed by atoms with Crippen molar-refractivity contribution in [3.8, 4) is 6.07 Å². The van der Waals surface area contributed by atoms with Crippen molar-refractivity contribution in [2.75, 3.05) is 6.61 Å². The van der Waals surface area contributed by atoms with Gasteiger partial charge in [-0.25, -0.2) is 4.79 Å². The highest BCUT2D eigenvalue weighted by molar-refractivity contribution is 6.61. The lowest BCUT2D eigenvalue weighted by molar-refractivity contribution is 0.0555. The van der Waals surface area contributed by atoms with Gasteiger partial charge in [-0.05, 0) is 23.2 Å². The molecule has 7 heteroatoms. The number of rotatable bonds is 2. The van der Waals surface area contributed by atoms with Gasteiger partial charge in [0.25, 0.3) is 0 Å². The molecule has 1 heterocycles. The summed E-state index contributed by atoms with van der Waals surface area (Å²) in [4.78, 5) is 11.6. The standard InChI is InChI=1S/C10H7BClNO4/c12-9-3-6-5-17-11(15)8(6)4-7(9)10(14)16-2-1-13/h3-4,15H,2,5H2. The van der Waals surface area contributed by atoms with Gasteiger partial charge in [-0.15, -0.1) is 0 Å². The number of carbonyl (C=O) groups excluding carboxylic acids is 1. The van der Waals surface area contributed by atoms with Crippen LogP contribution in [0.25, 0.3) is 0 Å². The molecule has 0 amide bonds. The zero-order valence-corrected chi connectivity index (χ0v) is 9.40. The van der Waals surface area contributed by atoms with Crippen LogP contribution in [0.1, 0.15) is 15.9 Å². The summed E-state index contributed by atoms with van der Waals surface area (Å²) in [6.07, 6.45) is 0. The maximum atomic E-state index is 11.6. The van der Waals surface area contributed by atoms with Crippen LogP contribution in [0.3, 0.4) is 0 Å². The summed E-state index contributed by atoms with van der Waals surface area (Å²) in [6, 6.07) is 4.67. The number of hydrogen-bond donors (Lipinski definition) is 1. The molecule has 0 aromatic heterocycles. The SMILES string of the molecule is N#CCOC(=O)c1cc2c(cc1Cl)COB2O. The average Bonchev–Trinajstić information content (AvgIpc) is 2.66. The fourth-order valence-corrected chi connectivity index (χ4v) is 1.84. The van der Waals surface area contributed by atoms with E-state index in [1.54, 1.807) is 12.1 Å². The fraction of sp³-hybridized carbons (Fsp3) is 0.200. The van der Waals surface area contributed by atoms with Gasteiger partial charge >= 0.3 is 13.1 Å². The minimum Gasteiger partial charge on any atom is -0.447 e. The van der Waals surface area contributed by atoms with E-state index in [4.69, 9.17) is 21.5 Å². The number of nitriles is 1. The van der Waals surface area contributed by atoms with E-state index in [1.807, 2.05) is 0 Å². The second-order valence-corrected chi connectivity index (χ2v) is 3.84. The molecule has 1 N–H and O–H groups in total. The van der Waals surface area contributed by atoms with Gasteiger partial charge in [-0.2, -0.15) is 5.26 Å². The summed E-state index contributed by atoms with van der Waals surface area (Å²) in [5.74, 6) is -0.696. The van der Waals surface area contributed by atoms with Crippen molar-refractivity contribution >= 4 is 30.2 Å². The molecule has 1 aliphatic rings. The molecule has 0 atom stereocenters. The van der Waals surface area contributed by atoms with Crippen LogP contribution in [0.2, 0.25) is 5.02 Å². The van der Waals surface area contributed by atoms with E-state index in [2.05, 4.69) is 4.74 Å². The fourth-order valence-electron chi connectivity index (χ4n) is 1.58. The summed E-state index contributed by atoms with van der Waals surface area (Å²) in [6.45, 7) is -0.0883. The van der Waals surface area contributed by atoms with Gasteiger partial charge in [0, 0.05) is 0 Å². The molecule has 0 fully saturated rings. The van der Waals surface area contributed by atoms with Crippen LogP contribution in [0.4, 0.5) is 0 Å². The smallest absolute Gasteiger partial charge is 0.447 e. The molecule has 0 aliphatic carbocycles. The Morgan fingerprint density at radius 1 is 1.71 bits per heavy atom. The molecule has 0 saturated carbocycles. The Bertz CT molecular complexity index is 514. The summed E-state index contributed by atoms with van der Waals surface area (Å²) >= 11 is 5.91. The van der Waals surface area contributed by atoms with Gasteiger partial charge in [-0.3, -0.25) is 0 Å². The third-order valence-corrected chi connectivity index (χ3v) is 2.69. The first-order valence-corrected chi connectivity index (χ1v) is 5.17. The second kappa shape index (κ2) is 4.76. The molecule has 0 radical (unpaired) electrons. The maximum Gasteiger partial charge on any atom is 0.491 e. The molecular formula is C10H7BClNO4. The highest BCUT2D eigenvalue weighted by atomic mass is 35.5. The molecular weight excluding hydrogens is 244 g/mol. The van der Waals surface area contributed by atoms with Crippen LogP contribution in [-0.4, -0.2) is 24.7 Å². The lowest BCUT2D eigenvalue weighted by atomic mass is 9.79. The first kappa shape index (κ1) is 11.9. The van der Waals surface area contributed by atoms with Gasteiger partial charge in [0.1, 0.15) is 6.07 Å². The van der Waals surface area contributed by atoms with E-state index in [9.17, 15) is 9.82 Å². The van der Waals surface area contributed by atoms with Crippen molar-refractivity contribution in [3.05, 3.63) is 28.3 Å². The molecule has 0 spiro atoms. The molecule has 5 nitrogen and oxygen atoms in total. The van der Waals surface area contributed by atoms with Gasteiger partial charge < -0.3 is 14.4 Å². The van der Waals surface area contributed by atoms with Crippen molar-refractivity contribution in [2.24, 2.45) is 0 Å². The topological polar surface area (TPSA) is 79.5 Å². The quantitative estimate of drug-likeness (QED) is 0.601. The lowest BCUT2D eigenvalue weighted by Crippen LogP contribution is -2.29. The Kier molecular flexibility index (Phi) is 3.34. The minimum absolute atomic E-state index is 0.116. The molecule has 0 unspecified atom stereocenters. The van der Waals surface area contributed by atoms with E-state index >= 15 is 0 Å². The van der Waals surface area contributed by atoms with Crippen LogP contribution >= 0.6 is 11.6 Å². The van der Waals surface area contributed by atoms with E-state index in [0.717, 1.165) is 5.56 Å². The number of esters is 1. The predicted octanol–water partition coefficient (Wildman–Crippen LogP) is 0.238. The van der Waals surface area contributed by atoms with Crippen molar-refractivity contribution < 1.29 is 19.2 Å². The Morgan fingerprint density at radius 2 is 2.47 bits per heavy atom. The Morgan fingerprint density at radius 3 is 3.18 bits per heavy atom. The summed E-state index contributed by atoms with van der Waals surface area (Å²) in [5, 5.41) is 18.0. The number of halogens is 1. The molecule has 2 rings (SSSR count). The molecule has 17 heavy (non-hydrogen) atoms. The monoisotopic (exact) mass is 251 g/mol. The number of benzene rings is 1. The average molecular weight is 251 g/mol. The predicted molar refractivity (Wildman–Crippen MR) is 59.7 cm³/mol. The highest BCUT2D eigenvalue weighted by Gasteiger charge is 2.29. The number of nitrogens with zero attached hydrogens (tertiary/aromatic N) is 1. The normalized spacial score (nSPS) is 13.1. The molecule has 0 saturated heterocycles. The van der Waals surface area contributed by atoms with Gasteiger partial charge in [0.2, 0.25) is 0 Å². The minimum atomic E-state index is -1.05. The largest absolute Gasteiger partial charge is 0.491 e. The first-order valence-electron chi connectivity index (χ1n) is 4.79. The Hall–Kier alpha value is -1.55.